The second kappa shape index (κ2) is 5.39. The molecule has 0 radical (unpaired) electrons. The summed E-state index contributed by atoms with van der Waals surface area (Å²) in [5.41, 5.74) is -1.08. The molecule has 0 aromatic carbocycles. The number of carbonyl (C=O) groups excluding carboxylic acids is 3. The fourth-order valence-corrected chi connectivity index (χ4v) is 3.56. The zero-order valence-corrected chi connectivity index (χ0v) is 13.4. The molecule has 2 aliphatic rings. The average molecular weight is 321 g/mol. The van der Waals surface area contributed by atoms with Crippen LogP contribution in [0.1, 0.15) is 31.6 Å². The van der Waals surface area contributed by atoms with Crippen molar-refractivity contribution < 1.29 is 14.4 Å². The van der Waals surface area contributed by atoms with Gasteiger partial charge in [-0.1, -0.05) is 6.07 Å². The van der Waals surface area contributed by atoms with Crippen LogP contribution in [0.15, 0.2) is 17.5 Å². The molecule has 1 aliphatic carbocycles. The molecule has 6 nitrogen and oxygen atoms in total. The number of rotatable bonds is 5. The molecule has 3 rings (SSSR count). The Labute approximate surface area is 132 Å². The van der Waals surface area contributed by atoms with Crippen molar-refractivity contribution in [3.63, 3.8) is 0 Å². The van der Waals surface area contributed by atoms with Crippen LogP contribution >= 0.6 is 11.3 Å². The monoisotopic (exact) mass is 321 g/mol. The Bertz CT molecular complexity index is 612. The first-order valence-electron chi connectivity index (χ1n) is 7.39. The number of urea groups is 1. The number of hydrogen-bond donors (Lipinski definition) is 2. The zero-order valence-electron chi connectivity index (χ0n) is 12.6. The molecule has 118 valence electrons. The second-order valence-corrected chi connectivity index (χ2v) is 7.07. The molecule has 1 saturated heterocycles. The van der Waals surface area contributed by atoms with E-state index in [2.05, 4.69) is 10.6 Å². The van der Waals surface area contributed by atoms with Gasteiger partial charge < -0.3 is 10.6 Å². The maximum absolute atomic E-state index is 12.6. The number of thiophene rings is 1. The van der Waals surface area contributed by atoms with Crippen LogP contribution in [-0.4, -0.2) is 35.3 Å². The van der Waals surface area contributed by atoms with E-state index in [0.717, 1.165) is 22.6 Å². The molecule has 1 aromatic rings. The molecule has 2 atom stereocenters. The number of carbonyl (C=O) groups is 3. The van der Waals surface area contributed by atoms with Gasteiger partial charge in [-0.2, -0.15) is 0 Å². The van der Waals surface area contributed by atoms with Crippen LogP contribution in [0.2, 0.25) is 0 Å². The van der Waals surface area contributed by atoms with Crippen LogP contribution < -0.4 is 10.6 Å². The van der Waals surface area contributed by atoms with E-state index in [1.165, 1.54) is 11.3 Å². The van der Waals surface area contributed by atoms with Gasteiger partial charge in [0, 0.05) is 10.9 Å². The van der Waals surface area contributed by atoms with Gasteiger partial charge in [-0.3, -0.25) is 14.5 Å². The molecule has 1 saturated carbocycles. The molecule has 1 aliphatic heterocycles. The average Bonchev–Trinajstić information content (AvgIpc) is 3.12. The molecule has 0 spiro atoms. The summed E-state index contributed by atoms with van der Waals surface area (Å²) in [5.74, 6) is -0.143. The number of nitrogens with one attached hydrogen (secondary N) is 2. The van der Waals surface area contributed by atoms with Crippen LogP contribution in [0, 0.1) is 5.92 Å². The fraction of sp³-hybridized carbons (Fsp3) is 0.533. The molecule has 2 heterocycles. The molecule has 2 N–H and O–H groups in total. The molecule has 4 amide bonds. The Morgan fingerprint density at radius 2 is 2.27 bits per heavy atom. The summed E-state index contributed by atoms with van der Waals surface area (Å²) in [6, 6.07) is 3.21. The molecule has 2 fully saturated rings. The first-order valence-corrected chi connectivity index (χ1v) is 8.27. The first kappa shape index (κ1) is 15.0. The van der Waals surface area contributed by atoms with Gasteiger partial charge in [0.05, 0.1) is 0 Å². The van der Waals surface area contributed by atoms with Crippen molar-refractivity contribution in [1.29, 1.82) is 0 Å². The zero-order chi connectivity index (χ0) is 15.9. The highest BCUT2D eigenvalue weighted by Crippen LogP contribution is 2.33. The largest absolute Gasteiger partial charge is 0.352 e. The Balaban J connectivity index is 1.68. The van der Waals surface area contributed by atoms with Gasteiger partial charge in [-0.05, 0) is 44.1 Å². The molecular formula is C15H19N3O3S. The number of nitrogens with zero attached hydrogens (tertiary/aromatic N) is 1. The van der Waals surface area contributed by atoms with E-state index in [9.17, 15) is 14.4 Å². The highest BCUT2D eigenvalue weighted by molar-refractivity contribution is 7.10. The Hall–Kier alpha value is -1.89. The molecule has 7 heteroatoms. The van der Waals surface area contributed by atoms with Gasteiger partial charge in [0.25, 0.3) is 5.91 Å². The summed E-state index contributed by atoms with van der Waals surface area (Å²) in [4.78, 5) is 38.5. The Morgan fingerprint density at radius 3 is 2.86 bits per heavy atom. The molecule has 1 aromatic heterocycles. The van der Waals surface area contributed by atoms with Crippen LogP contribution in [0.3, 0.4) is 0 Å². The van der Waals surface area contributed by atoms with E-state index in [1.807, 2.05) is 24.4 Å². The van der Waals surface area contributed by atoms with Crippen molar-refractivity contribution in [2.45, 2.75) is 38.3 Å². The quantitative estimate of drug-likeness (QED) is 0.805. The predicted octanol–water partition coefficient (Wildman–Crippen LogP) is 1.43. The van der Waals surface area contributed by atoms with Gasteiger partial charge in [-0.15, -0.1) is 11.3 Å². The van der Waals surface area contributed by atoms with Crippen LogP contribution in [0.25, 0.3) is 0 Å². The lowest BCUT2D eigenvalue weighted by molar-refractivity contribution is -0.135. The van der Waals surface area contributed by atoms with Crippen molar-refractivity contribution in [2.75, 3.05) is 6.54 Å². The minimum Gasteiger partial charge on any atom is -0.352 e. The third-order valence-electron chi connectivity index (χ3n) is 4.31. The van der Waals surface area contributed by atoms with Gasteiger partial charge in [0.15, 0.2) is 5.54 Å². The van der Waals surface area contributed by atoms with Gasteiger partial charge in [-0.25, -0.2) is 4.79 Å². The summed E-state index contributed by atoms with van der Waals surface area (Å²) >= 11 is 1.41. The minimum absolute atomic E-state index is 0.0944. The van der Waals surface area contributed by atoms with E-state index in [0.29, 0.717) is 5.92 Å². The topological polar surface area (TPSA) is 78.5 Å². The minimum atomic E-state index is -1.08. The van der Waals surface area contributed by atoms with Gasteiger partial charge in [0.2, 0.25) is 5.91 Å². The smallest absolute Gasteiger partial charge is 0.325 e. The molecular weight excluding hydrogens is 302 g/mol. The number of amides is 4. The van der Waals surface area contributed by atoms with Crippen molar-refractivity contribution in [2.24, 2.45) is 5.92 Å². The summed E-state index contributed by atoms with van der Waals surface area (Å²) in [5, 5.41) is 7.41. The Morgan fingerprint density at radius 1 is 1.55 bits per heavy atom. The van der Waals surface area contributed by atoms with E-state index < -0.39 is 11.6 Å². The third-order valence-corrected chi connectivity index (χ3v) is 5.40. The van der Waals surface area contributed by atoms with Crippen molar-refractivity contribution >= 4 is 29.2 Å². The van der Waals surface area contributed by atoms with Crippen LogP contribution in [0.5, 0.6) is 0 Å². The molecule has 0 bridgehead atoms. The lowest BCUT2D eigenvalue weighted by Gasteiger charge is -2.20. The number of imide groups is 1. The Kier molecular flexibility index (Phi) is 3.68. The van der Waals surface area contributed by atoms with Crippen LogP contribution in [0.4, 0.5) is 4.79 Å². The second-order valence-electron chi connectivity index (χ2n) is 6.12. The predicted molar refractivity (Wildman–Crippen MR) is 82.2 cm³/mol. The van der Waals surface area contributed by atoms with E-state index in [-0.39, 0.29) is 24.4 Å². The van der Waals surface area contributed by atoms with Crippen molar-refractivity contribution in [1.82, 2.24) is 15.5 Å². The maximum Gasteiger partial charge on any atom is 0.325 e. The lowest BCUT2D eigenvalue weighted by atomic mass is 10.0. The van der Waals surface area contributed by atoms with Crippen molar-refractivity contribution in [3.8, 4) is 0 Å². The fourth-order valence-electron chi connectivity index (χ4n) is 2.73. The normalized spacial score (nSPS) is 26.0. The lowest BCUT2D eigenvalue weighted by Crippen LogP contribution is -2.45. The summed E-state index contributed by atoms with van der Waals surface area (Å²) in [7, 11) is 0. The number of hydrogen-bond acceptors (Lipinski definition) is 4. The SMILES string of the molecule is C[C@H](NC(=O)CN1C(=O)N[C@](C)(c2cccs2)C1=O)C1CC1. The summed E-state index contributed by atoms with van der Waals surface area (Å²) in [6.45, 7) is 3.39. The first-order chi connectivity index (χ1) is 10.4. The van der Waals surface area contributed by atoms with E-state index in [1.54, 1.807) is 6.92 Å². The summed E-state index contributed by atoms with van der Waals surface area (Å²) < 4.78 is 0. The maximum atomic E-state index is 12.6. The van der Waals surface area contributed by atoms with E-state index >= 15 is 0 Å². The molecule has 22 heavy (non-hydrogen) atoms. The third kappa shape index (κ3) is 2.61. The highest BCUT2D eigenvalue weighted by atomic mass is 32.1. The van der Waals surface area contributed by atoms with Crippen molar-refractivity contribution in [3.05, 3.63) is 22.4 Å². The van der Waals surface area contributed by atoms with Gasteiger partial charge in [0.1, 0.15) is 6.54 Å². The van der Waals surface area contributed by atoms with Gasteiger partial charge >= 0.3 is 6.03 Å². The van der Waals surface area contributed by atoms with Crippen LogP contribution in [-0.2, 0) is 15.1 Å². The standard InChI is InChI=1S/C15H19N3O3S/c1-9(10-5-6-10)16-12(19)8-18-13(20)15(2,17-14(18)21)11-4-3-7-22-11/h3-4,7,9-10H,5-6,8H2,1-2H3,(H,16,19)(H,17,21)/t9-,15+/m0/s1. The highest BCUT2D eigenvalue weighted by Gasteiger charge is 2.50. The summed E-state index contributed by atoms with van der Waals surface area (Å²) in [6.07, 6.45) is 2.25. The van der Waals surface area contributed by atoms with E-state index in [4.69, 9.17) is 0 Å². The molecule has 0 unspecified atom stereocenters.